The number of carbonyl (C=O) groups is 3. The molecule has 0 saturated carbocycles. The van der Waals surface area contributed by atoms with Crippen molar-refractivity contribution in [1.29, 1.82) is 0 Å². The monoisotopic (exact) mass is 469 g/mol. The molecule has 0 saturated heterocycles. The van der Waals surface area contributed by atoms with Gasteiger partial charge in [-0.2, -0.15) is 0 Å². The number of hydrogen-bond donors (Lipinski definition) is 3. The van der Waals surface area contributed by atoms with E-state index >= 15 is 0 Å². The minimum Gasteiger partial charge on any atom is -0.481 e. The number of carbonyl (C=O) groups excluding carboxylic acids is 1. The van der Waals surface area contributed by atoms with Crippen LogP contribution in [-0.2, 0) is 14.4 Å². The first kappa shape index (κ1) is 31.4. The molecule has 0 spiro atoms. The molecule has 0 aromatic carbocycles. The minimum absolute atomic E-state index is 0.0527. The molecular formula is C27H51NO5. The van der Waals surface area contributed by atoms with Crippen LogP contribution in [0, 0.1) is 11.8 Å². The van der Waals surface area contributed by atoms with Crippen LogP contribution in [-0.4, -0.2) is 34.6 Å². The van der Waals surface area contributed by atoms with E-state index in [4.69, 9.17) is 5.11 Å². The molecule has 0 aliphatic carbocycles. The highest BCUT2D eigenvalue weighted by Gasteiger charge is 2.24. The summed E-state index contributed by atoms with van der Waals surface area (Å²) in [6.45, 7) is 4.38. The van der Waals surface area contributed by atoms with Crippen molar-refractivity contribution in [3.05, 3.63) is 0 Å². The molecule has 1 amide bonds. The molecule has 194 valence electrons. The van der Waals surface area contributed by atoms with Crippen molar-refractivity contribution in [2.45, 2.75) is 136 Å². The van der Waals surface area contributed by atoms with Crippen molar-refractivity contribution in [2.24, 2.45) is 11.8 Å². The van der Waals surface area contributed by atoms with Gasteiger partial charge in [-0.15, -0.1) is 0 Å². The summed E-state index contributed by atoms with van der Waals surface area (Å²) in [7, 11) is 0. The topological polar surface area (TPSA) is 104 Å². The molecule has 0 aliphatic rings. The van der Waals surface area contributed by atoms with E-state index in [-0.39, 0.29) is 25.2 Å². The van der Waals surface area contributed by atoms with Crippen LogP contribution in [0.1, 0.15) is 136 Å². The second-order valence-corrected chi connectivity index (χ2v) is 9.70. The van der Waals surface area contributed by atoms with E-state index in [1.807, 2.05) is 0 Å². The molecule has 6 nitrogen and oxygen atoms in total. The summed E-state index contributed by atoms with van der Waals surface area (Å²) in [5.41, 5.74) is 0. The number of unbranched alkanes of at least 4 members (excludes halogenated alkanes) is 15. The Bertz CT molecular complexity index is 509. The van der Waals surface area contributed by atoms with Crippen LogP contribution in [0.25, 0.3) is 0 Å². The molecule has 0 aliphatic heterocycles. The van der Waals surface area contributed by atoms with Gasteiger partial charge in [-0.3, -0.25) is 14.4 Å². The van der Waals surface area contributed by atoms with Crippen LogP contribution in [0.2, 0.25) is 0 Å². The maximum atomic E-state index is 11.9. The quantitative estimate of drug-likeness (QED) is 0.133. The minimum atomic E-state index is -1.03. The Morgan fingerprint density at radius 3 is 1.48 bits per heavy atom. The third-order valence-corrected chi connectivity index (χ3v) is 6.48. The lowest BCUT2D eigenvalue weighted by atomic mass is 9.92. The number of carboxylic acid groups (broad SMARTS) is 2. The second kappa shape index (κ2) is 22.2. The zero-order chi connectivity index (χ0) is 24.7. The highest BCUT2D eigenvalue weighted by molar-refractivity contribution is 5.77. The molecule has 2 unspecified atom stereocenters. The summed E-state index contributed by atoms with van der Waals surface area (Å²) >= 11 is 0. The lowest BCUT2D eigenvalue weighted by molar-refractivity contribution is -0.145. The van der Waals surface area contributed by atoms with Gasteiger partial charge in [-0.1, -0.05) is 110 Å². The van der Waals surface area contributed by atoms with Gasteiger partial charge in [0.05, 0.1) is 11.8 Å². The molecular weight excluding hydrogens is 418 g/mol. The zero-order valence-electron chi connectivity index (χ0n) is 21.4. The van der Waals surface area contributed by atoms with Crippen molar-refractivity contribution in [1.82, 2.24) is 5.32 Å². The molecule has 3 N–H and O–H groups in total. The zero-order valence-corrected chi connectivity index (χ0v) is 21.4. The smallest absolute Gasteiger partial charge is 0.306 e. The number of carboxylic acids is 2. The molecule has 2 atom stereocenters. The van der Waals surface area contributed by atoms with Gasteiger partial charge in [0.15, 0.2) is 0 Å². The summed E-state index contributed by atoms with van der Waals surface area (Å²) in [5, 5.41) is 21.0. The summed E-state index contributed by atoms with van der Waals surface area (Å²) in [5.74, 6) is -3.70. The average Bonchev–Trinajstić information content (AvgIpc) is 2.78. The summed E-state index contributed by atoms with van der Waals surface area (Å²) in [6, 6.07) is 0. The fourth-order valence-electron chi connectivity index (χ4n) is 4.16. The van der Waals surface area contributed by atoms with E-state index in [2.05, 4.69) is 12.2 Å². The molecule has 0 fully saturated rings. The van der Waals surface area contributed by atoms with Crippen LogP contribution in [0.15, 0.2) is 0 Å². The Balaban J connectivity index is 3.48. The third-order valence-electron chi connectivity index (χ3n) is 6.48. The van der Waals surface area contributed by atoms with Crippen molar-refractivity contribution < 1.29 is 24.6 Å². The predicted molar refractivity (Wildman–Crippen MR) is 134 cm³/mol. The lowest BCUT2D eigenvalue weighted by Gasteiger charge is -2.14. The van der Waals surface area contributed by atoms with E-state index in [1.165, 1.54) is 96.8 Å². The Morgan fingerprint density at radius 2 is 1.09 bits per heavy atom. The van der Waals surface area contributed by atoms with Crippen molar-refractivity contribution in [3.8, 4) is 0 Å². The standard InChI is InChI=1S/C27H51NO5/c1-3-4-5-6-7-8-9-10-11-12-13-14-15-16-17-18-21-28-25(29)20-19-24(27(32)33)22-23(2)26(30)31/h23-24H,3-22H2,1-2H3,(H,28,29)(H,30,31)(H,32,33). The summed E-state index contributed by atoms with van der Waals surface area (Å²) < 4.78 is 0. The Kier molecular flexibility index (Phi) is 21.1. The number of aliphatic carboxylic acids is 2. The van der Waals surface area contributed by atoms with E-state index < -0.39 is 23.8 Å². The third kappa shape index (κ3) is 20.7. The first-order valence-electron chi connectivity index (χ1n) is 13.6. The van der Waals surface area contributed by atoms with Gasteiger partial charge in [0, 0.05) is 13.0 Å². The highest BCUT2D eigenvalue weighted by atomic mass is 16.4. The molecule has 0 heterocycles. The van der Waals surface area contributed by atoms with Crippen LogP contribution in [0.5, 0.6) is 0 Å². The number of amides is 1. The maximum absolute atomic E-state index is 11.9. The second-order valence-electron chi connectivity index (χ2n) is 9.70. The Labute approximate surface area is 202 Å². The number of nitrogens with one attached hydrogen (secondary N) is 1. The van der Waals surface area contributed by atoms with E-state index in [0.717, 1.165) is 12.8 Å². The molecule has 33 heavy (non-hydrogen) atoms. The SMILES string of the molecule is CCCCCCCCCCCCCCCCCCNC(=O)CCC(CC(C)C(=O)O)C(=O)O. The first-order chi connectivity index (χ1) is 15.9. The van der Waals surface area contributed by atoms with Crippen molar-refractivity contribution >= 4 is 17.8 Å². The highest BCUT2D eigenvalue weighted by Crippen LogP contribution is 2.18. The van der Waals surface area contributed by atoms with Crippen molar-refractivity contribution in [3.63, 3.8) is 0 Å². The van der Waals surface area contributed by atoms with E-state index in [1.54, 1.807) is 0 Å². The molecule has 0 rings (SSSR count). The normalized spacial score (nSPS) is 12.9. The Morgan fingerprint density at radius 1 is 0.667 bits per heavy atom. The van der Waals surface area contributed by atoms with Gasteiger partial charge in [0.1, 0.15) is 0 Å². The lowest BCUT2D eigenvalue weighted by Crippen LogP contribution is -2.27. The van der Waals surface area contributed by atoms with Crippen LogP contribution in [0.4, 0.5) is 0 Å². The predicted octanol–water partition coefficient (Wildman–Crippen LogP) is 6.96. The van der Waals surface area contributed by atoms with Gasteiger partial charge in [0.2, 0.25) is 5.91 Å². The van der Waals surface area contributed by atoms with Crippen molar-refractivity contribution in [2.75, 3.05) is 6.54 Å². The number of rotatable bonds is 24. The van der Waals surface area contributed by atoms with Gasteiger partial charge >= 0.3 is 11.9 Å². The van der Waals surface area contributed by atoms with Gasteiger partial charge in [0.25, 0.3) is 0 Å². The van der Waals surface area contributed by atoms with E-state index in [0.29, 0.717) is 6.54 Å². The van der Waals surface area contributed by atoms with Crippen LogP contribution < -0.4 is 5.32 Å². The maximum Gasteiger partial charge on any atom is 0.306 e. The summed E-state index contributed by atoms with van der Waals surface area (Å²) in [6.07, 6.45) is 21.4. The molecule has 0 bridgehead atoms. The molecule has 0 radical (unpaired) electrons. The fourth-order valence-corrected chi connectivity index (χ4v) is 4.16. The summed E-state index contributed by atoms with van der Waals surface area (Å²) in [4.78, 5) is 34.1. The largest absolute Gasteiger partial charge is 0.481 e. The van der Waals surface area contributed by atoms with Gasteiger partial charge in [-0.25, -0.2) is 0 Å². The number of hydrogen-bond acceptors (Lipinski definition) is 3. The van der Waals surface area contributed by atoms with E-state index in [9.17, 15) is 19.5 Å². The fraction of sp³-hybridized carbons (Fsp3) is 0.889. The van der Waals surface area contributed by atoms with Gasteiger partial charge < -0.3 is 15.5 Å². The molecule has 0 aromatic heterocycles. The van der Waals surface area contributed by atoms with Crippen LogP contribution in [0.3, 0.4) is 0 Å². The van der Waals surface area contributed by atoms with Gasteiger partial charge in [-0.05, 0) is 19.3 Å². The van der Waals surface area contributed by atoms with Crippen LogP contribution >= 0.6 is 0 Å². The Hall–Kier alpha value is -1.59. The first-order valence-corrected chi connectivity index (χ1v) is 13.6. The molecule has 6 heteroatoms. The average molecular weight is 470 g/mol. The molecule has 0 aromatic rings.